The summed E-state index contributed by atoms with van der Waals surface area (Å²) in [5.41, 5.74) is 1.34. The number of carboxylic acids is 1. The lowest BCUT2D eigenvalue weighted by Crippen LogP contribution is -2.54. The number of hydrogen-bond acceptors (Lipinski definition) is 6. The number of benzene rings is 1. The van der Waals surface area contributed by atoms with Gasteiger partial charge in [0.15, 0.2) is 0 Å². The number of barbiturate groups is 1. The van der Waals surface area contributed by atoms with E-state index < -0.39 is 30.4 Å². The lowest BCUT2D eigenvalue weighted by atomic mass is 9.97. The summed E-state index contributed by atoms with van der Waals surface area (Å²) in [6.07, 6.45) is 8.21. The predicted octanol–water partition coefficient (Wildman–Crippen LogP) is 1.17. The summed E-state index contributed by atoms with van der Waals surface area (Å²) in [7, 11) is 0. The molecule has 152 valence electrons. The molecule has 1 aromatic carbocycles. The molecule has 4 amide bonds. The van der Waals surface area contributed by atoms with Gasteiger partial charge < -0.3 is 14.6 Å². The minimum absolute atomic E-state index is 0.181. The van der Waals surface area contributed by atoms with E-state index in [4.69, 9.17) is 4.74 Å². The molecule has 3 rings (SSSR count). The fraction of sp³-hybridized carbons (Fsp3) is 0.333. The Kier molecular flexibility index (Phi) is 6.43. The Morgan fingerprint density at radius 2 is 2.00 bits per heavy atom. The molecule has 1 aliphatic carbocycles. The molecule has 8 nitrogen and oxygen atoms in total. The van der Waals surface area contributed by atoms with Crippen molar-refractivity contribution in [3.8, 4) is 5.75 Å². The van der Waals surface area contributed by atoms with Crippen molar-refractivity contribution in [1.29, 1.82) is 0 Å². The molecular weight excluding hydrogens is 376 g/mol. The SMILES string of the molecule is O=C([O-])COc1ccccc1/C=C1/C(=O)NC(=O)N(CCC2=CCCCC2)C1=O. The molecule has 0 unspecified atom stereocenters. The van der Waals surface area contributed by atoms with Crippen LogP contribution in [0.3, 0.4) is 0 Å². The molecule has 0 atom stereocenters. The van der Waals surface area contributed by atoms with Crippen LogP contribution in [0.15, 0.2) is 41.5 Å². The number of imide groups is 2. The van der Waals surface area contributed by atoms with Crippen molar-refractivity contribution in [2.45, 2.75) is 32.1 Å². The molecule has 1 N–H and O–H groups in total. The quantitative estimate of drug-likeness (QED) is 0.419. The van der Waals surface area contributed by atoms with Crippen molar-refractivity contribution in [3.05, 3.63) is 47.1 Å². The first-order valence-electron chi connectivity index (χ1n) is 9.44. The monoisotopic (exact) mass is 397 g/mol. The van der Waals surface area contributed by atoms with Crippen LogP contribution in [0, 0.1) is 0 Å². The van der Waals surface area contributed by atoms with Crippen LogP contribution >= 0.6 is 0 Å². The van der Waals surface area contributed by atoms with Crippen molar-refractivity contribution in [2.75, 3.05) is 13.2 Å². The summed E-state index contributed by atoms with van der Waals surface area (Å²) in [6, 6.07) is 5.63. The van der Waals surface area contributed by atoms with Crippen LogP contribution in [0.1, 0.15) is 37.7 Å². The van der Waals surface area contributed by atoms with Gasteiger partial charge in [0.25, 0.3) is 11.8 Å². The van der Waals surface area contributed by atoms with Gasteiger partial charge in [0.1, 0.15) is 17.9 Å². The number of aliphatic carboxylic acids is 1. The molecule has 2 aliphatic rings. The molecule has 1 fully saturated rings. The van der Waals surface area contributed by atoms with E-state index in [1.54, 1.807) is 18.2 Å². The van der Waals surface area contributed by atoms with Gasteiger partial charge in [-0.2, -0.15) is 0 Å². The number of ether oxygens (including phenoxy) is 1. The average Bonchev–Trinajstić information content (AvgIpc) is 2.70. The second-order valence-corrected chi connectivity index (χ2v) is 6.83. The van der Waals surface area contributed by atoms with Crippen molar-refractivity contribution >= 4 is 29.9 Å². The number of nitrogens with one attached hydrogen (secondary N) is 1. The van der Waals surface area contributed by atoms with Gasteiger partial charge in [-0.1, -0.05) is 29.8 Å². The summed E-state index contributed by atoms with van der Waals surface area (Å²) < 4.78 is 5.15. The van der Waals surface area contributed by atoms with Crippen molar-refractivity contribution < 1.29 is 29.0 Å². The van der Waals surface area contributed by atoms with E-state index in [9.17, 15) is 24.3 Å². The number of carboxylic acid groups (broad SMARTS) is 1. The zero-order valence-corrected chi connectivity index (χ0v) is 15.8. The van der Waals surface area contributed by atoms with Gasteiger partial charge in [-0.15, -0.1) is 0 Å². The number of amides is 4. The maximum Gasteiger partial charge on any atom is 0.331 e. The van der Waals surface area contributed by atoms with Gasteiger partial charge in [0, 0.05) is 12.1 Å². The van der Waals surface area contributed by atoms with Crippen LogP contribution < -0.4 is 15.2 Å². The third-order valence-electron chi connectivity index (χ3n) is 4.79. The smallest absolute Gasteiger partial charge is 0.331 e. The van der Waals surface area contributed by atoms with E-state index in [-0.39, 0.29) is 17.9 Å². The van der Waals surface area contributed by atoms with Crippen LogP contribution in [0.25, 0.3) is 6.08 Å². The van der Waals surface area contributed by atoms with E-state index in [0.29, 0.717) is 12.0 Å². The zero-order chi connectivity index (χ0) is 20.8. The molecule has 0 bridgehead atoms. The highest BCUT2D eigenvalue weighted by molar-refractivity contribution is 6.31. The van der Waals surface area contributed by atoms with Crippen LogP contribution in [0.2, 0.25) is 0 Å². The van der Waals surface area contributed by atoms with E-state index in [2.05, 4.69) is 11.4 Å². The lowest BCUT2D eigenvalue weighted by molar-refractivity contribution is -0.307. The second-order valence-electron chi connectivity index (χ2n) is 6.83. The van der Waals surface area contributed by atoms with Crippen molar-refractivity contribution in [2.24, 2.45) is 0 Å². The average molecular weight is 397 g/mol. The topological polar surface area (TPSA) is 116 Å². The number of hydrogen-bond donors (Lipinski definition) is 1. The van der Waals surface area contributed by atoms with Crippen LogP contribution in [-0.4, -0.2) is 41.9 Å². The van der Waals surface area contributed by atoms with Gasteiger partial charge in [-0.25, -0.2) is 4.79 Å². The Hall–Kier alpha value is -3.42. The van der Waals surface area contributed by atoms with E-state index in [0.717, 1.165) is 30.6 Å². The predicted molar refractivity (Wildman–Crippen MR) is 101 cm³/mol. The fourth-order valence-electron chi connectivity index (χ4n) is 3.31. The number of para-hydroxylation sites is 1. The Balaban J connectivity index is 1.80. The van der Waals surface area contributed by atoms with E-state index >= 15 is 0 Å². The van der Waals surface area contributed by atoms with Gasteiger partial charge in [0.2, 0.25) is 0 Å². The summed E-state index contributed by atoms with van der Waals surface area (Å²) in [6.45, 7) is -0.482. The molecule has 0 saturated carbocycles. The Morgan fingerprint density at radius 3 is 2.72 bits per heavy atom. The Bertz CT molecular complexity index is 902. The molecule has 0 radical (unpaired) electrons. The summed E-state index contributed by atoms with van der Waals surface area (Å²) in [5.74, 6) is -2.71. The number of rotatable bonds is 7. The minimum Gasteiger partial charge on any atom is -0.546 e. The lowest BCUT2D eigenvalue weighted by Gasteiger charge is -2.27. The van der Waals surface area contributed by atoms with Gasteiger partial charge in [-0.3, -0.25) is 19.8 Å². The largest absolute Gasteiger partial charge is 0.546 e. The summed E-state index contributed by atoms with van der Waals surface area (Å²) in [4.78, 5) is 48.9. The highest BCUT2D eigenvalue weighted by Crippen LogP contribution is 2.24. The number of urea groups is 1. The highest BCUT2D eigenvalue weighted by Gasteiger charge is 2.35. The third-order valence-corrected chi connectivity index (χ3v) is 4.79. The first kappa shape index (κ1) is 20.3. The van der Waals surface area contributed by atoms with Crippen LogP contribution in [-0.2, 0) is 14.4 Å². The molecule has 0 spiro atoms. The first-order valence-corrected chi connectivity index (χ1v) is 9.44. The van der Waals surface area contributed by atoms with E-state index in [1.807, 2.05) is 0 Å². The standard InChI is InChI=1S/C21H22N2O6/c24-18(25)13-29-17-9-5-4-8-15(17)12-16-19(26)22-21(28)23(20(16)27)11-10-14-6-2-1-3-7-14/h4-6,8-9,12H,1-3,7,10-11,13H2,(H,24,25)(H,22,26,28)/p-1/b16-12-. The molecule has 1 heterocycles. The molecule has 1 aliphatic heterocycles. The second kappa shape index (κ2) is 9.18. The molecule has 8 heteroatoms. The minimum atomic E-state index is -1.40. The maximum atomic E-state index is 12.8. The number of allylic oxidation sites excluding steroid dienone is 1. The van der Waals surface area contributed by atoms with Crippen molar-refractivity contribution in [1.82, 2.24) is 10.2 Å². The Morgan fingerprint density at radius 1 is 1.21 bits per heavy atom. The number of carbonyl (C=O) groups is 4. The summed E-state index contributed by atoms with van der Waals surface area (Å²) in [5, 5.41) is 12.8. The van der Waals surface area contributed by atoms with Crippen molar-refractivity contribution in [3.63, 3.8) is 0 Å². The molecule has 29 heavy (non-hydrogen) atoms. The van der Waals surface area contributed by atoms with Crippen LogP contribution in [0.4, 0.5) is 4.79 Å². The molecule has 1 aromatic rings. The van der Waals surface area contributed by atoms with E-state index in [1.165, 1.54) is 17.7 Å². The number of carbonyl (C=O) groups excluding carboxylic acids is 4. The third kappa shape index (κ3) is 5.10. The molecule has 0 aromatic heterocycles. The van der Waals surface area contributed by atoms with Gasteiger partial charge in [-0.05, 0) is 44.2 Å². The molecular formula is C21H21N2O6-. The Labute approximate surface area is 167 Å². The zero-order valence-electron chi connectivity index (χ0n) is 15.8. The normalized spacial score (nSPS) is 18.5. The summed E-state index contributed by atoms with van der Waals surface area (Å²) >= 11 is 0. The van der Waals surface area contributed by atoms with Gasteiger partial charge in [0.05, 0.1) is 5.97 Å². The van der Waals surface area contributed by atoms with Crippen LogP contribution in [0.5, 0.6) is 5.75 Å². The number of nitrogens with zero attached hydrogens (tertiary/aromatic N) is 1. The highest BCUT2D eigenvalue weighted by atomic mass is 16.5. The maximum absolute atomic E-state index is 12.8. The first-order chi connectivity index (χ1) is 14.0. The molecule has 1 saturated heterocycles. The van der Waals surface area contributed by atoms with Gasteiger partial charge >= 0.3 is 6.03 Å². The fourth-order valence-corrected chi connectivity index (χ4v) is 3.31.